The quantitative estimate of drug-likeness (QED) is 0.859. The molecule has 2 N–H and O–H groups in total. The Labute approximate surface area is 122 Å². The molecule has 4 nitrogen and oxygen atoms in total. The van der Waals surface area contributed by atoms with Crippen LogP contribution in [-0.2, 0) is 0 Å². The molecule has 1 fully saturated rings. The number of para-hydroxylation sites is 1. The molecule has 1 unspecified atom stereocenters. The fraction of sp³-hybridized carbons (Fsp3) is 0.625. The zero-order valence-corrected chi connectivity index (χ0v) is 13.1. The normalized spacial score (nSPS) is 20.4. The van der Waals surface area contributed by atoms with Gasteiger partial charge in [-0.25, -0.2) is 0 Å². The van der Waals surface area contributed by atoms with Gasteiger partial charge in [-0.2, -0.15) is 0 Å². The van der Waals surface area contributed by atoms with E-state index in [2.05, 4.69) is 29.7 Å². The van der Waals surface area contributed by atoms with E-state index in [1.165, 1.54) is 0 Å². The molecule has 4 heteroatoms. The van der Waals surface area contributed by atoms with Gasteiger partial charge in [0.05, 0.1) is 17.5 Å². The van der Waals surface area contributed by atoms with Crippen molar-refractivity contribution in [2.75, 3.05) is 36.8 Å². The first-order valence-corrected chi connectivity index (χ1v) is 7.57. The Kier molecular flexibility index (Phi) is 4.76. The Morgan fingerprint density at radius 2 is 2.10 bits per heavy atom. The van der Waals surface area contributed by atoms with Gasteiger partial charge in [0.15, 0.2) is 0 Å². The number of hydrogen-bond donors (Lipinski definition) is 1. The number of likely N-dealkylation sites (N-methyl/N-ethyl adjacent to an activating group) is 1. The SMILES string of the molecule is CCN1CCN(c2cccc(OC(C)C)c2N)CC1C. The van der Waals surface area contributed by atoms with Gasteiger partial charge >= 0.3 is 0 Å². The van der Waals surface area contributed by atoms with E-state index in [4.69, 9.17) is 10.5 Å². The van der Waals surface area contributed by atoms with Crippen LogP contribution in [0.5, 0.6) is 5.75 Å². The fourth-order valence-electron chi connectivity index (χ4n) is 2.85. The van der Waals surface area contributed by atoms with Gasteiger partial charge in [0.1, 0.15) is 5.75 Å². The number of hydrogen-bond acceptors (Lipinski definition) is 4. The third kappa shape index (κ3) is 3.18. The third-order valence-electron chi connectivity index (χ3n) is 3.92. The maximum Gasteiger partial charge on any atom is 0.144 e. The Bertz CT molecular complexity index is 447. The molecule has 112 valence electrons. The summed E-state index contributed by atoms with van der Waals surface area (Å²) in [5.41, 5.74) is 8.16. The molecular weight excluding hydrogens is 250 g/mol. The van der Waals surface area contributed by atoms with Gasteiger partial charge in [-0.1, -0.05) is 13.0 Å². The average Bonchev–Trinajstić information content (AvgIpc) is 2.40. The van der Waals surface area contributed by atoms with Crippen molar-refractivity contribution in [3.63, 3.8) is 0 Å². The zero-order valence-electron chi connectivity index (χ0n) is 13.1. The lowest BCUT2D eigenvalue weighted by molar-refractivity contribution is 0.199. The predicted octanol–water partition coefficient (Wildman–Crippen LogP) is 2.59. The summed E-state index contributed by atoms with van der Waals surface area (Å²) >= 11 is 0. The molecule has 0 saturated carbocycles. The number of ether oxygens (including phenoxy) is 1. The number of nitrogen functional groups attached to an aromatic ring is 1. The smallest absolute Gasteiger partial charge is 0.144 e. The molecule has 1 heterocycles. The van der Waals surface area contributed by atoms with E-state index in [9.17, 15) is 0 Å². The third-order valence-corrected chi connectivity index (χ3v) is 3.92. The summed E-state index contributed by atoms with van der Waals surface area (Å²) < 4.78 is 5.78. The van der Waals surface area contributed by atoms with Crippen LogP contribution < -0.4 is 15.4 Å². The summed E-state index contributed by atoms with van der Waals surface area (Å²) in [5, 5.41) is 0. The van der Waals surface area contributed by atoms with Crippen molar-refractivity contribution in [3.8, 4) is 5.75 Å². The minimum atomic E-state index is 0.142. The van der Waals surface area contributed by atoms with Crippen LogP contribution in [0.2, 0.25) is 0 Å². The van der Waals surface area contributed by atoms with Crippen LogP contribution in [0.3, 0.4) is 0 Å². The topological polar surface area (TPSA) is 41.7 Å². The molecule has 0 bridgehead atoms. The van der Waals surface area contributed by atoms with Crippen molar-refractivity contribution in [3.05, 3.63) is 18.2 Å². The van der Waals surface area contributed by atoms with Crippen molar-refractivity contribution >= 4 is 11.4 Å². The Balaban J connectivity index is 2.17. The number of piperazine rings is 1. The summed E-state index contributed by atoms with van der Waals surface area (Å²) in [4.78, 5) is 4.88. The van der Waals surface area contributed by atoms with Crippen LogP contribution in [0.25, 0.3) is 0 Å². The second-order valence-corrected chi connectivity index (χ2v) is 5.78. The minimum Gasteiger partial charge on any atom is -0.489 e. The molecule has 0 radical (unpaired) electrons. The molecule has 1 aromatic rings. The van der Waals surface area contributed by atoms with E-state index in [1.54, 1.807) is 0 Å². The van der Waals surface area contributed by atoms with Gasteiger partial charge in [-0.05, 0) is 39.4 Å². The fourth-order valence-corrected chi connectivity index (χ4v) is 2.85. The number of nitrogens with zero attached hydrogens (tertiary/aromatic N) is 2. The Hall–Kier alpha value is -1.42. The first-order chi connectivity index (χ1) is 9.52. The van der Waals surface area contributed by atoms with Crippen molar-refractivity contribution in [2.45, 2.75) is 39.8 Å². The lowest BCUT2D eigenvalue weighted by Gasteiger charge is -2.41. The molecule has 1 atom stereocenters. The van der Waals surface area contributed by atoms with E-state index in [0.717, 1.165) is 43.3 Å². The van der Waals surface area contributed by atoms with Crippen LogP contribution in [0.15, 0.2) is 18.2 Å². The highest BCUT2D eigenvalue weighted by atomic mass is 16.5. The molecule has 1 saturated heterocycles. The van der Waals surface area contributed by atoms with E-state index in [1.807, 2.05) is 26.0 Å². The lowest BCUT2D eigenvalue weighted by atomic mass is 10.1. The van der Waals surface area contributed by atoms with Crippen molar-refractivity contribution in [1.29, 1.82) is 0 Å². The molecule has 2 rings (SSSR count). The molecule has 0 aromatic heterocycles. The highest BCUT2D eigenvalue weighted by Gasteiger charge is 2.24. The van der Waals surface area contributed by atoms with E-state index in [-0.39, 0.29) is 6.10 Å². The first-order valence-electron chi connectivity index (χ1n) is 7.57. The molecule has 1 aliphatic heterocycles. The highest BCUT2D eigenvalue weighted by molar-refractivity contribution is 5.74. The number of nitrogens with two attached hydrogens (primary N) is 1. The summed E-state index contributed by atoms with van der Waals surface area (Å²) in [5.74, 6) is 0.795. The van der Waals surface area contributed by atoms with Crippen LogP contribution in [-0.4, -0.2) is 43.2 Å². The van der Waals surface area contributed by atoms with Gasteiger partial charge in [0.25, 0.3) is 0 Å². The number of anilines is 2. The van der Waals surface area contributed by atoms with Crippen molar-refractivity contribution < 1.29 is 4.74 Å². The van der Waals surface area contributed by atoms with Gasteiger partial charge in [0.2, 0.25) is 0 Å². The molecule has 0 amide bonds. The van der Waals surface area contributed by atoms with Crippen LogP contribution in [0, 0.1) is 0 Å². The van der Waals surface area contributed by atoms with E-state index in [0.29, 0.717) is 6.04 Å². The van der Waals surface area contributed by atoms with Gasteiger partial charge in [0, 0.05) is 25.7 Å². The van der Waals surface area contributed by atoms with Crippen molar-refractivity contribution in [2.24, 2.45) is 0 Å². The van der Waals surface area contributed by atoms with Gasteiger partial charge in [-0.3, -0.25) is 4.90 Å². The van der Waals surface area contributed by atoms with Crippen LogP contribution >= 0.6 is 0 Å². The average molecular weight is 277 g/mol. The van der Waals surface area contributed by atoms with E-state index < -0.39 is 0 Å². The molecular formula is C16H27N3O. The summed E-state index contributed by atoms with van der Waals surface area (Å²) in [6.07, 6.45) is 0.142. The first kappa shape index (κ1) is 15.0. The van der Waals surface area contributed by atoms with E-state index >= 15 is 0 Å². The van der Waals surface area contributed by atoms with Crippen LogP contribution in [0.1, 0.15) is 27.7 Å². The maximum absolute atomic E-state index is 6.29. The number of rotatable bonds is 4. The van der Waals surface area contributed by atoms with Gasteiger partial charge in [-0.15, -0.1) is 0 Å². The summed E-state index contributed by atoms with van der Waals surface area (Å²) in [7, 11) is 0. The molecule has 1 aromatic carbocycles. The Morgan fingerprint density at radius 3 is 2.70 bits per heavy atom. The van der Waals surface area contributed by atoms with Crippen molar-refractivity contribution in [1.82, 2.24) is 4.90 Å². The number of benzene rings is 1. The maximum atomic E-state index is 6.29. The molecule has 0 spiro atoms. The molecule has 20 heavy (non-hydrogen) atoms. The van der Waals surface area contributed by atoms with Crippen LogP contribution in [0.4, 0.5) is 11.4 Å². The lowest BCUT2D eigenvalue weighted by Crippen LogP contribution is -2.51. The highest BCUT2D eigenvalue weighted by Crippen LogP contribution is 2.33. The minimum absolute atomic E-state index is 0.142. The zero-order chi connectivity index (χ0) is 14.7. The Morgan fingerprint density at radius 1 is 1.35 bits per heavy atom. The summed E-state index contributed by atoms with van der Waals surface area (Å²) in [6.45, 7) is 12.8. The monoisotopic (exact) mass is 277 g/mol. The molecule has 0 aliphatic carbocycles. The van der Waals surface area contributed by atoms with Gasteiger partial charge < -0.3 is 15.4 Å². The summed E-state index contributed by atoms with van der Waals surface area (Å²) in [6, 6.07) is 6.63. The second-order valence-electron chi connectivity index (χ2n) is 5.78. The largest absolute Gasteiger partial charge is 0.489 e. The predicted molar refractivity (Wildman–Crippen MR) is 85.5 cm³/mol. The second kappa shape index (κ2) is 6.35. The molecule has 1 aliphatic rings. The standard InChI is InChI=1S/C16H27N3O/c1-5-18-9-10-19(11-13(18)4)14-7-6-8-15(16(14)17)20-12(2)3/h6-8,12-13H,5,9-11,17H2,1-4H3.